The second-order valence-corrected chi connectivity index (χ2v) is 2.80. The standard InChI is InChI=1S/C5H14OSSi/c7-5-3-1-2-4-6-8/h7H,1-5H2,8H3. The largest absolute Gasteiger partial charge is 0.428 e. The maximum atomic E-state index is 5.00. The summed E-state index contributed by atoms with van der Waals surface area (Å²) in [7, 11) is 0.888. The van der Waals surface area contributed by atoms with Crippen LogP contribution in [0.5, 0.6) is 0 Å². The molecule has 0 aromatic heterocycles. The third kappa shape index (κ3) is 6.53. The van der Waals surface area contributed by atoms with Gasteiger partial charge >= 0.3 is 0 Å². The van der Waals surface area contributed by atoms with Crippen molar-refractivity contribution in [3.63, 3.8) is 0 Å². The van der Waals surface area contributed by atoms with Crippen LogP contribution in [0.25, 0.3) is 0 Å². The van der Waals surface area contributed by atoms with Gasteiger partial charge in [-0.2, -0.15) is 12.6 Å². The van der Waals surface area contributed by atoms with Gasteiger partial charge in [-0.25, -0.2) is 0 Å². The summed E-state index contributed by atoms with van der Waals surface area (Å²) in [6.45, 7) is 0.958. The highest BCUT2D eigenvalue weighted by Gasteiger charge is 1.83. The molecule has 0 saturated heterocycles. The molecule has 50 valence electrons. The summed E-state index contributed by atoms with van der Waals surface area (Å²) in [4.78, 5) is 0. The van der Waals surface area contributed by atoms with E-state index in [2.05, 4.69) is 12.6 Å². The van der Waals surface area contributed by atoms with Crippen LogP contribution in [-0.4, -0.2) is 22.8 Å². The lowest BCUT2D eigenvalue weighted by molar-refractivity contribution is 0.335. The number of hydrogen-bond acceptors (Lipinski definition) is 2. The molecule has 0 aliphatic rings. The Morgan fingerprint density at radius 3 is 2.50 bits per heavy atom. The molecule has 0 spiro atoms. The predicted octanol–water partition coefficient (Wildman–Crippen LogP) is 0.384. The van der Waals surface area contributed by atoms with Gasteiger partial charge in [0.15, 0.2) is 0 Å². The Balaban J connectivity index is 2.53. The number of thiol groups is 1. The molecule has 0 aromatic carbocycles. The van der Waals surface area contributed by atoms with Crippen LogP contribution in [0.15, 0.2) is 0 Å². The molecule has 3 heteroatoms. The maximum Gasteiger partial charge on any atom is 0.145 e. The first-order valence-electron chi connectivity index (χ1n) is 3.01. The normalized spacial score (nSPS) is 10.1. The molecule has 1 nitrogen and oxygen atoms in total. The summed E-state index contributed by atoms with van der Waals surface area (Å²) in [5, 5.41) is 0. The highest BCUT2D eigenvalue weighted by atomic mass is 32.1. The first-order chi connectivity index (χ1) is 3.91. The molecule has 0 bridgehead atoms. The van der Waals surface area contributed by atoms with Gasteiger partial charge in [0.1, 0.15) is 10.5 Å². The smallest absolute Gasteiger partial charge is 0.145 e. The summed E-state index contributed by atoms with van der Waals surface area (Å²) in [6, 6.07) is 0. The molecule has 0 N–H and O–H groups in total. The fourth-order valence-corrected chi connectivity index (χ4v) is 1.05. The van der Waals surface area contributed by atoms with Gasteiger partial charge in [-0.1, -0.05) is 6.42 Å². The molecule has 0 aromatic rings. The Labute approximate surface area is 59.8 Å². The lowest BCUT2D eigenvalue weighted by atomic mass is 10.3. The summed E-state index contributed by atoms with van der Waals surface area (Å²) >= 11 is 4.09. The Morgan fingerprint density at radius 1 is 1.25 bits per heavy atom. The van der Waals surface area contributed by atoms with Crippen molar-refractivity contribution in [2.75, 3.05) is 12.4 Å². The van der Waals surface area contributed by atoms with Crippen LogP contribution in [0.3, 0.4) is 0 Å². The molecule has 0 unspecified atom stereocenters. The van der Waals surface area contributed by atoms with E-state index in [9.17, 15) is 0 Å². The molecule has 0 radical (unpaired) electrons. The molecular weight excluding hydrogens is 136 g/mol. The molecule has 0 atom stereocenters. The van der Waals surface area contributed by atoms with Crippen molar-refractivity contribution < 1.29 is 4.43 Å². The average molecular weight is 150 g/mol. The fraction of sp³-hybridized carbons (Fsp3) is 1.00. The van der Waals surface area contributed by atoms with Crippen LogP contribution in [0, 0.1) is 0 Å². The van der Waals surface area contributed by atoms with Crippen LogP contribution >= 0.6 is 12.6 Å². The summed E-state index contributed by atoms with van der Waals surface area (Å²) in [5.41, 5.74) is 0. The first-order valence-corrected chi connectivity index (χ1v) is 4.46. The molecule has 0 amide bonds. The van der Waals surface area contributed by atoms with Crippen LogP contribution in [0.1, 0.15) is 19.3 Å². The van der Waals surface area contributed by atoms with Gasteiger partial charge in [0.05, 0.1) is 0 Å². The van der Waals surface area contributed by atoms with Gasteiger partial charge in [-0.05, 0) is 18.6 Å². The van der Waals surface area contributed by atoms with Gasteiger partial charge in [-0.15, -0.1) is 0 Å². The van der Waals surface area contributed by atoms with Crippen molar-refractivity contribution in [1.29, 1.82) is 0 Å². The molecule has 0 fully saturated rings. The molecular formula is C5H14OSSi. The van der Waals surface area contributed by atoms with Crippen molar-refractivity contribution in [3.8, 4) is 0 Å². The SMILES string of the molecule is [SiH3]OCCCCCS. The zero-order valence-corrected chi connectivity index (χ0v) is 8.29. The van der Waals surface area contributed by atoms with Crippen molar-refractivity contribution in [2.45, 2.75) is 19.3 Å². The second kappa shape index (κ2) is 7.53. The third-order valence-electron chi connectivity index (χ3n) is 1.01. The minimum atomic E-state index is 0.888. The average Bonchev–Trinajstić information content (AvgIpc) is 1.81. The minimum absolute atomic E-state index is 0.888. The lowest BCUT2D eigenvalue weighted by Crippen LogP contribution is -1.89. The molecule has 0 saturated carbocycles. The van der Waals surface area contributed by atoms with E-state index in [1.165, 1.54) is 19.3 Å². The monoisotopic (exact) mass is 150 g/mol. The molecule has 0 aliphatic carbocycles. The van der Waals surface area contributed by atoms with Gasteiger partial charge in [-0.3, -0.25) is 0 Å². The highest BCUT2D eigenvalue weighted by Crippen LogP contribution is 1.95. The fourth-order valence-electron chi connectivity index (χ4n) is 0.535. The summed E-state index contributed by atoms with van der Waals surface area (Å²) in [5.74, 6) is 1.02. The van der Waals surface area contributed by atoms with Crippen molar-refractivity contribution >= 4 is 23.1 Å². The van der Waals surface area contributed by atoms with Crippen LogP contribution < -0.4 is 0 Å². The van der Waals surface area contributed by atoms with E-state index in [1.807, 2.05) is 0 Å². The summed E-state index contributed by atoms with van der Waals surface area (Å²) in [6.07, 6.45) is 3.71. The van der Waals surface area contributed by atoms with E-state index in [0.717, 1.165) is 22.8 Å². The molecule has 8 heavy (non-hydrogen) atoms. The van der Waals surface area contributed by atoms with Crippen molar-refractivity contribution in [1.82, 2.24) is 0 Å². The Hall–Kier alpha value is 0.527. The Kier molecular flexibility index (Phi) is 8.02. The Bertz CT molecular complexity index is 37.4. The van der Waals surface area contributed by atoms with Gasteiger partial charge < -0.3 is 4.43 Å². The minimum Gasteiger partial charge on any atom is -0.428 e. The quantitative estimate of drug-likeness (QED) is 0.339. The molecule has 0 rings (SSSR count). The lowest BCUT2D eigenvalue weighted by Gasteiger charge is -1.95. The van der Waals surface area contributed by atoms with Gasteiger partial charge in [0.25, 0.3) is 0 Å². The van der Waals surface area contributed by atoms with Crippen molar-refractivity contribution in [3.05, 3.63) is 0 Å². The van der Waals surface area contributed by atoms with E-state index < -0.39 is 0 Å². The molecule has 0 heterocycles. The number of rotatable bonds is 5. The topological polar surface area (TPSA) is 9.23 Å². The zero-order chi connectivity index (χ0) is 6.24. The Morgan fingerprint density at radius 2 is 2.00 bits per heavy atom. The van der Waals surface area contributed by atoms with E-state index in [-0.39, 0.29) is 0 Å². The maximum absolute atomic E-state index is 5.00. The van der Waals surface area contributed by atoms with Gasteiger partial charge in [0, 0.05) is 6.61 Å². The van der Waals surface area contributed by atoms with Crippen molar-refractivity contribution in [2.24, 2.45) is 0 Å². The number of hydrogen-bond donors (Lipinski definition) is 1. The van der Waals surface area contributed by atoms with E-state index in [1.54, 1.807) is 0 Å². The van der Waals surface area contributed by atoms with Crippen LogP contribution in [-0.2, 0) is 4.43 Å². The van der Waals surface area contributed by atoms with E-state index in [4.69, 9.17) is 4.43 Å². The van der Waals surface area contributed by atoms with Crippen LogP contribution in [0.2, 0.25) is 0 Å². The zero-order valence-electron chi connectivity index (χ0n) is 5.39. The van der Waals surface area contributed by atoms with E-state index in [0.29, 0.717) is 0 Å². The molecule has 0 aliphatic heterocycles. The predicted molar refractivity (Wildman–Crippen MR) is 43.6 cm³/mol. The highest BCUT2D eigenvalue weighted by molar-refractivity contribution is 7.80. The van der Waals surface area contributed by atoms with Crippen LogP contribution in [0.4, 0.5) is 0 Å². The summed E-state index contributed by atoms with van der Waals surface area (Å²) < 4.78 is 5.00. The third-order valence-corrected chi connectivity index (χ3v) is 1.73. The van der Waals surface area contributed by atoms with Gasteiger partial charge in [0.2, 0.25) is 0 Å². The first kappa shape index (κ1) is 8.53. The van der Waals surface area contributed by atoms with E-state index >= 15 is 0 Å². The second-order valence-electron chi connectivity index (χ2n) is 1.78. The number of unbranched alkanes of at least 4 members (excludes halogenated alkanes) is 2.